The van der Waals surface area contributed by atoms with Gasteiger partial charge in [-0.2, -0.15) is 4.98 Å². The van der Waals surface area contributed by atoms with E-state index >= 15 is 0 Å². The van der Waals surface area contributed by atoms with Crippen LogP contribution in [0.25, 0.3) is 11.4 Å². The smallest absolute Gasteiger partial charge is 0.225 e. The van der Waals surface area contributed by atoms with Gasteiger partial charge in [-0.25, -0.2) is 9.37 Å². The lowest BCUT2D eigenvalue weighted by molar-refractivity contribution is 0.405. The highest BCUT2D eigenvalue weighted by Gasteiger charge is 2.09. The van der Waals surface area contributed by atoms with Gasteiger partial charge in [0.05, 0.1) is 11.4 Å². The molecule has 0 bridgehead atoms. The Morgan fingerprint density at radius 1 is 0.964 bits per heavy atom. The number of aromatic nitrogens is 3. The molecule has 2 N–H and O–H groups in total. The predicted molar refractivity (Wildman–Crippen MR) is 111 cm³/mol. The van der Waals surface area contributed by atoms with E-state index in [1.807, 2.05) is 44.4 Å². The van der Waals surface area contributed by atoms with Gasteiger partial charge < -0.3 is 15.5 Å². The first-order chi connectivity index (χ1) is 13.6. The van der Waals surface area contributed by atoms with Gasteiger partial charge in [0.25, 0.3) is 0 Å². The van der Waals surface area contributed by atoms with Crippen molar-refractivity contribution >= 4 is 11.8 Å². The number of anilines is 2. The zero-order valence-corrected chi connectivity index (χ0v) is 16.2. The van der Waals surface area contributed by atoms with Crippen LogP contribution in [0.15, 0.2) is 54.7 Å². The molecule has 0 unspecified atom stereocenters. The molecule has 0 saturated carbocycles. The minimum absolute atomic E-state index is 0.240. The van der Waals surface area contributed by atoms with Crippen molar-refractivity contribution < 1.29 is 4.39 Å². The molecule has 7 heteroatoms. The molecular weight excluding hydrogens is 355 g/mol. The van der Waals surface area contributed by atoms with Gasteiger partial charge >= 0.3 is 0 Å². The Morgan fingerprint density at radius 2 is 1.79 bits per heavy atom. The highest BCUT2D eigenvalue weighted by molar-refractivity contribution is 5.61. The van der Waals surface area contributed by atoms with Gasteiger partial charge in [0.1, 0.15) is 11.6 Å². The molecule has 0 atom stereocenters. The summed E-state index contributed by atoms with van der Waals surface area (Å²) in [4.78, 5) is 15.6. The SMILES string of the molecule is CN(C)CCCNc1nc(NCc2ccccc2F)cc(-c2ccccn2)n1. The Morgan fingerprint density at radius 3 is 2.54 bits per heavy atom. The van der Waals surface area contributed by atoms with Crippen LogP contribution >= 0.6 is 0 Å². The van der Waals surface area contributed by atoms with Crippen molar-refractivity contribution in [3.05, 3.63) is 66.1 Å². The second kappa shape index (κ2) is 9.75. The fourth-order valence-electron chi connectivity index (χ4n) is 2.69. The van der Waals surface area contributed by atoms with Crippen LogP contribution in [0.3, 0.4) is 0 Å². The van der Waals surface area contributed by atoms with E-state index in [-0.39, 0.29) is 5.82 Å². The molecule has 3 aromatic rings. The molecule has 2 heterocycles. The largest absolute Gasteiger partial charge is 0.366 e. The van der Waals surface area contributed by atoms with Crippen molar-refractivity contribution in [1.29, 1.82) is 0 Å². The van der Waals surface area contributed by atoms with Crippen molar-refractivity contribution in [1.82, 2.24) is 19.9 Å². The molecule has 0 spiro atoms. The lowest BCUT2D eigenvalue weighted by Crippen LogP contribution is -2.17. The average Bonchev–Trinajstić information content (AvgIpc) is 2.71. The molecule has 6 nitrogen and oxygen atoms in total. The van der Waals surface area contributed by atoms with Crippen molar-refractivity contribution in [2.45, 2.75) is 13.0 Å². The monoisotopic (exact) mass is 380 g/mol. The number of hydrogen-bond acceptors (Lipinski definition) is 6. The van der Waals surface area contributed by atoms with Crippen molar-refractivity contribution in [3.8, 4) is 11.4 Å². The van der Waals surface area contributed by atoms with Gasteiger partial charge in [-0.1, -0.05) is 24.3 Å². The highest BCUT2D eigenvalue weighted by Crippen LogP contribution is 2.20. The Kier molecular flexibility index (Phi) is 6.86. The van der Waals surface area contributed by atoms with Crippen LogP contribution in [0, 0.1) is 5.82 Å². The maximum atomic E-state index is 13.9. The fraction of sp³-hybridized carbons (Fsp3) is 0.286. The van der Waals surface area contributed by atoms with Crippen LogP contribution in [-0.4, -0.2) is 47.0 Å². The summed E-state index contributed by atoms with van der Waals surface area (Å²) >= 11 is 0. The minimum Gasteiger partial charge on any atom is -0.366 e. The zero-order valence-electron chi connectivity index (χ0n) is 16.2. The molecule has 0 aliphatic heterocycles. The molecule has 1 aromatic carbocycles. The third-order valence-corrected chi connectivity index (χ3v) is 4.14. The Hall–Kier alpha value is -3.06. The second-order valence-electron chi connectivity index (χ2n) is 6.71. The summed E-state index contributed by atoms with van der Waals surface area (Å²) in [6.07, 6.45) is 2.70. The minimum atomic E-state index is -0.240. The molecule has 0 aliphatic rings. The number of hydrogen-bond donors (Lipinski definition) is 2. The molecular formula is C21H25FN6. The summed E-state index contributed by atoms with van der Waals surface area (Å²) in [7, 11) is 4.09. The molecule has 0 fully saturated rings. The summed E-state index contributed by atoms with van der Waals surface area (Å²) in [5, 5.41) is 6.46. The van der Waals surface area contributed by atoms with Crippen LogP contribution in [-0.2, 0) is 6.54 Å². The molecule has 0 saturated heterocycles. The van der Waals surface area contributed by atoms with Gasteiger partial charge in [-0.05, 0) is 45.3 Å². The van der Waals surface area contributed by atoms with Crippen LogP contribution in [0.2, 0.25) is 0 Å². The quantitative estimate of drug-likeness (QED) is 0.553. The van der Waals surface area contributed by atoms with E-state index in [0.717, 1.165) is 25.2 Å². The molecule has 0 aliphatic carbocycles. The number of halogens is 1. The molecule has 146 valence electrons. The van der Waals surface area contributed by atoms with Gasteiger partial charge in [-0.15, -0.1) is 0 Å². The standard InChI is InChI=1S/C21H25FN6/c1-28(2)13-7-12-24-21-26-19(18-10-5-6-11-23-18)14-20(27-21)25-15-16-8-3-4-9-17(16)22/h3-6,8-11,14H,7,12-13,15H2,1-2H3,(H2,24,25,26,27). The van der Waals surface area contributed by atoms with E-state index in [9.17, 15) is 4.39 Å². The maximum Gasteiger partial charge on any atom is 0.225 e. The van der Waals surface area contributed by atoms with Crippen molar-refractivity contribution in [2.24, 2.45) is 0 Å². The third kappa shape index (κ3) is 5.72. The van der Waals surface area contributed by atoms with Crippen LogP contribution in [0.4, 0.5) is 16.2 Å². The first-order valence-corrected chi connectivity index (χ1v) is 9.28. The fourth-order valence-corrected chi connectivity index (χ4v) is 2.69. The molecule has 0 radical (unpaired) electrons. The molecule has 3 rings (SSSR count). The average molecular weight is 380 g/mol. The molecule has 2 aromatic heterocycles. The number of benzene rings is 1. The van der Waals surface area contributed by atoms with Crippen molar-refractivity contribution in [3.63, 3.8) is 0 Å². The topological polar surface area (TPSA) is 66.0 Å². The van der Waals surface area contributed by atoms with Crippen LogP contribution < -0.4 is 10.6 Å². The van der Waals surface area contributed by atoms with E-state index in [2.05, 4.69) is 30.5 Å². The third-order valence-electron chi connectivity index (χ3n) is 4.14. The van der Waals surface area contributed by atoms with E-state index < -0.39 is 0 Å². The van der Waals surface area contributed by atoms with Gasteiger partial charge in [0, 0.05) is 30.9 Å². The van der Waals surface area contributed by atoms with E-state index in [1.165, 1.54) is 6.07 Å². The summed E-state index contributed by atoms with van der Waals surface area (Å²) in [6, 6.07) is 14.2. The highest BCUT2D eigenvalue weighted by atomic mass is 19.1. The van der Waals surface area contributed by atoms with Crippen LogP contribution in [0.5, 0.6) is 0 Å². The summed E-state index contributed by atoms with van der Waals surface area (Å²) in [6.45, 7) is 2.08. The lowest BCUT2D eigenvalue weighted by Gasteiger charge is -2.13. The van der Waals surface area contributed by atoms with E-state index in [0.29, 0.717) is 29.6 Å². The van der Waals surface area contributed by atoms with Crippen LogP contribution in [0.1, 0.15) is 12.0 Å². The Bertz CT molecular complexity index is 885. The van der Waals surface area contributed by atoms with Crippen molar-refractivity contribution in [2.75, 3.05) is 37.8 Å². The first-order valence-electron chi connectivity index (χ1n) is 9.28. The predicted octanol–water partition coefficient (Wildman–Crippen LogP) is 3.65. The summed E-state index contributed by atoms with van der Waals surface area (Å²) in [5.41, 5.74) is 2.05. The van der Waals surface area contributed by atoms with Gasteiger partial charge in [-0.3, -0.25) is 4.98 Å². The van der Waals surface area contributed by atoms with E-state index in [4.69, 9.17) is 0 Å². The maximum absolute atomic E-state index is 13.9. The lowest BCUT2D eigenvalue weighted by atomic mass is 10.2. The number of rotatable bonds is 9. The number of nitrogens with one attached hydrogen (secondary N) is 2. The number of pyridine rings is 1. The second-order valence-corrected chi connectivity index (χ2v) is 6.71. The molecule has 28 heavy (non-hydrogen) atoms. The van der Waals surface area contributed by atoms with Gasteiger partial charge in [0.2, 0.25) is 5.95 Å². The zero-order chi connectivity index (χ0) is 19.8. The first kappa shape index (κ1) is 19.7. The summed E-state index contributed by atoms with van der Waals surface area (Å²) < 4.78 is 13.9. The Balaban J connectivity index is 1.77. The van der Waals surface area contributed by atoms with E-state index in [1.54, 1.807) is 18.3 Å². The molecule has 0 amide bonds. The number of nitrogens with zero attached hydrogens (tertiary/aromatic N) is 4. The van der Waals surface area contributed by atoms with Gasteiger partial charge in [0.15, 0.2) is 0 Å². The Labute approximate surface area is 164 Å². The summed E-state index contributed by atoms with van der Waals surface area (Å²) in [5.74, 6) is 0.906. The normalized spacial score (nSPS) is 10.9.